The van der Waals surface area contributed by atoms with E-state index < -0.39 is 16.2 Å². The van der Waals surface area contributed by atoms with Gasteiger partial charge in [0.25, 0.3) is 10.1 Å². The molecule has 0 fully saturated rings. The minimum Gasteiger partial charge on any atom is -0.260 e. The summed E-state index contributed by atoms with van der Waals surface area (Å²) in [6.07, 6.45) is 0.893. The highest BCUT2D eigenvalue weighted by molar-refractivity contribution is 7.89. The summed E-state index contributed by atoms with van der Waals surface area (Å²) in [5.74, 6) is 0. The molecule has 1 unspecified atom stereocenters. The molecule has 0 aromatic carbocycles. The number of rotatable bonds is 4. The van der Waals surface area contributed by atoms with E-state index in [0.29, 0.717) is 0 Å². The van der Waals surface area contributed by atoms with Gasteiger partial charge in [0.1, 0.15) is 0 Å². The lowest BCUT2D eigenvalue weighted by Gasteiger charge is -2.03. The van der Waals surface area contributed by atoms with Crippen LogP contribution in [-0.4, -0.2) is 14.5 Å². The van der Waals surface area contributed by atoms with Gasteiger partial charge in [0.05, 0.1) is 11.5 Å². The molecule has 0 aliphatic heterocycles. The molecular weight excluding hydrogens is 152 g/mol. The Morgan fingerprint density at radius 1 is 1.50 bits per heavy atom. The fourth-order valence-electron chi connectivity index (χ4n) is 0.290. The van der Waals surface area contributed by atoms with Crippen molar-refractivity contribution in [3.05, 3.63) is 24.6 Å². The summed E-state index contributed by atoms with van der Waals surface area (Å²) in [4.78, 5) is 0. The topological polar surface area (TPSA) is 43.4 Å². The van der Waals surface area contributed by atoms with E-state index in [1.165, 1.54) is 6.08 Å². The lowest BCUT2D eigenvalue weighted by molar-refractivity contribution is 0.280. The fraction of sp³-hybridized carbons (Fsp3) is 0.333. The van der Waals surface area contributed by atoms with Crippen molar-refractivity contribution in [1.29, 1.82) is 0 Å². The van der Waals surface area contributed by atoms with Crippen molar-refractivity contribution >= 4 is 10.1 Å². The van der Waals surface area contributed by atoms with Crippen LogP contribution in [0.4, 0.5) is 0 Å². The molecule has 0 spiro atoms. The Bertz CT molecular complexity index is 215. The second-order valence-electron chi connectivity index (χ2n) is 1.70. The van der Waals surface area contributed by atoms with Gasteiger partial charge in [-0.3, -0.25) is 4.18 Å². The molecule has 0 heterocycles. The van der Waals surface area contributed by atoms with E-state index in [4.69, 9.17) is 0 Å². The van der Waals surface area contributed by atoms with Crippen LogP contribution in [0.1, 0.15) is 6.92 Å². The molecule has 4 heteroatoms. The summed E-state index contributed by atoms with van der Waals surface area (Å²) >= 11 is 0. The van der Waals surface area contributed by atoms with Crippen LogP contribution in [0, 0.1) is 0 Å². The molecule has 0 aliphatic carbocycles. The Balaban J connectivity index is 4.15. The van der Waals surface area contributed by atoms with Gasteiger partial charge in [-0.2, -0.15) is 8.42 Å². The Labute approximate surface area is 61.1 Å². The molecule has 3 nitrogen and oxygen atoms in total. The first-order chi connectivity index (χ1) is 4.52. The van der Waals surface area contributed by atoms with Gasteiger partial charge in [-0.1, -0.05) is 12.7 Å². The zero-order valence-corrected chi connectivity index (χ0v) is 6.60. The van der Waals surface area contributed by atoms with Crippen molar-refractivity contribution in [3.63, 3.8) is 0 Å². The van der Waals surface area contributed by atoms with Gasteiger partial charge in [0.15, 0.2) is 0 Å². The standard InChI is InChI=1S/C6H10O3S/c1-4-6(3)9-10(7,8)5-2/h4-6H,1-2H2,3H3. The second kappa shape index (κ2) is 3.53. The van der Waals surface area contributed by atoms with E-state index in [1.807, 2.05) is 0 Å². The SMILES string of the molecule is C=CC(C)OS(=O)(=O)C=C. The van der Waals surface area contributed by atoms with Gasteiger partial charge in [0.2, 0.25) is 0 Å². The largest absolute Gasteiger partial charge is 0.290 e. The lowest BCUT2D eigenvalue weighted by atomic mass is 10.4. The molecule has 0 aromatic rings. The zero-order chi connectivity index (χ0) is 8.20. The molecule has 1 atom stereocenters. The van der Waals surface area contributed by atoms with E-state index in [9.17, 15) is 8.42 Å². The Kier molecular flexibility index (Phi) is 3.32. The van der Waals surface area contributed by atoms with Crippen LogP contribution in [0.3, 0.4) is 0 Å². The molecule has 58 valence electrons. The molecule has 0 saturated carbocycles. The van der Waals surface area contributed by atoms with Crippen LogP contribution in [-0.2, 0) is 14.3 Å². The molecule has 0 N–H and O–H groups in total. The molecule has 0 amide bonds. The summed E-state index contributed by atoms with van der Waals surface area (Å²) in [6, 6.07) is 0. The first kappa shape index (κ1) is 9.39. The Morgan fingerprint density at radius 2 is 2.00 bits per heavy atom. The molecule has 10 heavy (non-hydrogen) atoms. The fourth-order valence-corrected chi connectivity index (χ4v) is 0.870. The normalized spacial score (nSPS) is 14.1. The van der Waals surface area contributed by atoms with E-state index in [-0.39, 0.29) is 0 Å². The molecule has 0 radical (unpaired) electrons. The maximum atomic E-state index is 10.6. The van der Waals surface area contributed by atoms with Crippen LogP contribution in [0.2, 0.25) is 0 Å². The van der Waals surface area contributed by atoms with Crippen LogP contribution in [0.15, 0.2) is 24.6 Å². The highest BCUT2D eigenvalue weighted by Gasteiger charge is 2.07. The second-order valence-corrected chi connectivity index (χ2v) is 3.21. The predicted molar refractivity (Wildman–Crippen MR) is 39.9 cm³/mol. The minimum atomic E-state index is -3.54. The molecular formula is C6H10O3S. The van der Waals surface area contributed by atoms with Crippen LogP contribution >= 0.6 is 0 Å². The van der Waals surface area contributed by atoms with E-state index in [1.54, 1.807) is 6.92 Å². The van der Waals surface area contributed by atoms with E-state index in [2.05, 4.69) is 17.3 Å². The van der Waals surface area contributed by atoms with Gasteiger partial charge in [-0.15, -0.1) is 6.58 Å². The smallest absolute Gasteiger partial charge is 0.260 e. The highest BCUT2D eigenvalue weighted by atomic mass is 32.2. The zero-order valence-electron chi connectivity index (χ0n) is 5.78. The maximum Gasteiger partial charge on any atom is 0.290 e. The summed E-state index contributed by atoms with van der Waals surface area (Å²) in [7, 11) is -3.54. The van der Waals surface area contributed by atoms with Gasteiger partial charge >= 0.3 is 0 Å². The Hall–Kier alpha value is -0.610. The average molecular weight is 162 g/mol. The Morgan fingerprint density at radius 3 is 2.30 bits per heavy atom. The monoisotopic (exact) mass is 162 g/mol. The third kappa shape index (κ3) is 3.42. The number of hydrogen-bond acceptors (Lipinski definition) is 3. The minimum absolute atomic E-state index is 0.497. The predicted octanol–water partition coefficient (Wildman–Crippen LogP) is 1.05. The summed E-state index contributed by atoms with van der Waals surface area (Å²) in [5, 5.41) is 0.757. The van der Waals surface area contributed by atoms with Crippen molar-refractivity contribution in [1.82, 2.24) is 0 Å². The third-order valence-corrected chi connectivity index (χ3v) is 1.80. The quantitative estimate of drug-likeness (QED) is 0.458. The highest BCUT2D eigenvalue weighted by Crippen LogP contribution is 2.00. The van der Waals surface area contributed by atoms with E-state index >= 15 is 0 Å². The third-order valence-electron chi connectivity index (χ3n) is 0.822. The van der Waals surface area contributed by atoms with Crippen molar-refractivity contribution in [2.75, 3.05) is 0 Å². The molecule has 0 aromatic heterocycles. The van der Waals surface area contributed by atoms with E-state index in [0.717, 1.165) is 5.41 Å². The molecule has 0 aliphatic rings. The van der Waals surface area contributed by atoms with Crippen molar-refractivity contribution in [2.24, 2.45) is 0 Å². The van der Waals surface area contributed by atoms with Gasteiger partial charge in [-0.05, 0) is 6.92 Å². The van der Waals surface area contributed by atoms with Crippen molar-refractivity contribution < 1.29 is 12.6 Å². The molecule has 0 bridgehead atoms. The summed E-state index contributed by atoms with van der Waals surface area (Å²) in [5.41, 5.74) is 0. The maximum absolute atomic E-state index is 10.6. The number of hydrogen-bond donors (Lipinski definition) is 0. The lowest BCUT2D eigenvalue weighted by Crippen LogP contribution is -2.09. The van der Waals surface area contributed by atoms with Gasteiger partial charge in [-0.25, -0.2) is 0 Å². The molecule has 0 rings (SSSR count). The van der Waals surface area contributed by atoms with Crippen molar-refractivity contribution in [3.8, 4) is 0 Å². The first-order valence-electron chi connectivity index (χ1n) is 2.70. The van der Waals surface area contributed by atoms with Crippen molar-refractivity contribution in [2.45, 2.75) is 13.0 Å². The average Bonchev–Trinajstić information content (AvgIpc) is 1.87. The van der Waals surface area contributed by atoms with Gasteiger partial charge in [0, 0.05) is 0 Å². The van der Waals surface area contributed by atoms with Crippen LogP contribution in [0.5, 0.6) is 0 Å². The van der Waals surface area contributed by atoms with Gasteiger partial charge < -0.3 is 0 Å². The molecule has 0 saturated heterocycles. The summed E-state index contributed by atoms with van der Waals surface area (Å²) in [6.45, 7) is 8.01. The van der Waals surface area contributed by atoms with Crippen LogP contribution in [0.25, 0.3) is 0 Å². The first-order valence-corrected chi connectivity index (χ1v) is 4.17. The summed E-state index contributed by atoms with van der Waals surface area (Å²) < 4.78 is 25.6. The van der Waals surface area contributed by atoms with Crippen LogP contribution < -0.4 is 0 Å².